The van der Waals surface area contributed by atoms with Crippen LogP contribution in [0.3, 0.4) is 0 Å². The molecule has 2 saturated heterocycles. The topological polar surface area (TPSA) is 30.9 Å². The monoisotopic (exact) mass is 289 g/mol. The summed E-state index contributed by atoms with van der Waals surface area (Å²) in [6.07, 6.45) is 7.21. The van der Waals surface area contributed by atoms with Crippen LogP contribution in [-0.4, -0.2) is 30.4 Å². The van der Waals surface area contributed by atoms with E-state index in [9.17, 15) is 0 Å². The van der Waals surface area contributed by atoms with Crippen LogP contribution in [0.5, 0.6) is 5.75 Å². The molecule has 1 saturated carbocycles. The fourth-order valence-electron chi connectivity index (χ4n) is 4.38. The van der Waals surface area contributed by atoms with Gasteiger partial charge in [-0.05, 0) is 49.3 Å². The third-order valence-corrected chi connectivity index (χ3v) is 5.55. The molecule has 4 rings (SSSR count). The number of hydrogen-bond donors (Lipinski definition) is 0. The van der Waals surface area contributed by atoms with Gasteiger partial charge < -0.3 is 4.74 Å². The maximum atomic E-state index is 5.90. The van der Waals surface area contributed by atoms with Gasteiger partial charge in [-0.2, -0.15) is 5.06 Å². The van der Waals surface area contributed by atoms with Gasteiger partial charge in [0.2, 0.25) is 0 Å². The van der Waals surface area contributed by atoms with Crippen molar-refractivity contribution in [1.29, 1.82) is 0 Å². The van der Waals surface area contributed by atoms with Gasteiger partial charge in [-0.15, -0.1) is 4.99 Å². The zero-order valence-corrected chi connectivity index (χ0v) is 12.6. The maximum Gasteiger partial charge on any atom is 0.126 e. The molecular formula is C17H23NO3. The second-order valence-corrected chi connectivity index (χ2v) is 6.55. The Bertz CT molecular complexity index is 497. The van der Waals surface area contributed by atoms with E-state index in [1.54, 1.807) is 7.11 Å². The summed E-state index contributed by atoms with van der Waals surface area (Å²) in [7, 11) is 1.70. The van der Waals surface area contributed by atoms with Crippen molar-refractivity contribution in [3.05, 3.63) is 29.8 Å². The third-order valence-electron chi connectivity index (χ3n) is 5.55. The van der Waals surface area contributed by atoms with Crippen molar-refractivity contribution in [2.75, 3.05) is 13.7 Å². The minimum atomic E-state index is -0.0730. The zero-order chi connectivity index (χ0) is 14.3. The van der Waals surface area contributed by atoms with Gasteiger partial charge in [-0.3, -0.25) is 0 Å². The molecule has 1 aromatic carbocycles. The van der Waals surface area contributed by atoms with Crippen LogP contribution in [0.15, 0.2) is 24.3 Å². The molecule has 3 unspecified atom stereocenters. The molecule has 0 aromatic heterocycles. The number of nitrogens with zero attached hydrogens (tertiary/aromatic N) is 1. The van der Waals surface area contributed by atoms with Crippen LogP contribution in [-0.2, 0) is 16.3 Å². The first-order valence-corrected chi connectivity index (χ1v) is 8.07. The highest BCUT2D eigenvalue weighted by molar-refractivity contribution is 5.28. The number of piperidine rings is 1. The first-order valence-electron chi connectivity index (χ1n) is 8.07. The maximum absolute atomic E-state index is 5.90. The molecule has 3 fully saturated rings. The molecule has 3 aliphatic rings. The molecule has 4 atom stereocenters. The Morgan fingerprint density at radius 2 is 2.10 bits per heavy atom. The smallest absolute Gasteiger partial charge is 0.126 e. The van der Waals surface area contributed by atoms with Crippen molar-refractivity contribution in [3.63, 3.8) is 0 Å². The predicted octanol–water partition coefficient (Wildman–Crippen LogP) is 3.12. The van der Waals surface area contributed by atoms with Crippen molar-refractivity contribution in [3.8, 4) is 5.75 Å². The average molecular weight is 289 g/mol. The minimum absolute atomic E-state index is 0.0730. The molecule has 1 spiro atoms. The van der Waals surface area contributed by atoms with Crippen LogP contribution in [0, 0.1) is 5.92 Å². The van der Waals surface area contributed by atoms with E-state index in [0.717, 1.165) is 25.1 Å². The van der Waals surface area contributed by atoms with Crippen LogP contribution in [0.4, 0.5) is 0 Å². The van der Waals surface area contributed by atoms with Crippen molar-refractivity contribution >= 4 is 0 Å². The fourth-order valence-corrected chi connectivity index (χ4v) is 4.38. The summed E-state index contributed by atoms with van der Waals surface area (Å²) in [5.41, 5.74) is 1.25. The predicted molar refractivity (Wildman–Crippen MR) is 78.7 cm³/mol. The standard InChI is InChI=1S/C17H23NO3/c1-19-15-7-5-13(6-8-15)12-16-17-10-3-2-4-14(17)9-11-18(16)21-20-17/h5-8,14,16H,2-4,9-12H2,1H3/t14?,16-,17?/m0/s1. The lowest BCUT2D eigenvalue weighted by Gasteiger charge is -2.45. The fraction of sp³-hybridized carbons (Fsp3) is 0.647. The van der Waals surface area contributed by atoms with E-state index >= 15 is 0 Å². The van der Waals surface area contributed by atoms with Crippen LogP contribution < -0.4 is 4.74 Å². The summed E-state index contributed by atoms with van der Waals surface area (Å²) in [5, 5.41) is 2.08. The molecule has 1 aromatic rings. The van der Waals surface area contributed by atoms with E-state index in [1.165, 1.54) is 31.2 Å². The summed E-state index contributed by atoms with van der Waals surface area (Å²) in [6, 6.07) is 8.73. The van der Waals surface area contributed by atoms with E-state index in [4.69, 9.17) is 14.6 Å². The molecule has 4 heteroatoms. The van der Waals surface area contributed by atoms with Crippen molar-refractivity contribution in [2.45, 2.75) is 50.2 Å². The van der Waals surface area contributed by atoms with E-state index < -0.39 is 0 Å². The summed E-state index contributed by atoms with van der Waals surface area (Å²) in [5.74, 6) is 1.57. The van der Waals surface area contributed by atoms with E-state index in [-0.39, 0.29) is 5.60 Å². The van der Waals surface area contributed by atoms with Crippen LogP contribution in [0.25, 0.3) is 0 Å². The van der Waals surface area contributed by atoms with Gasteiger partial charge in [0.05, 0.1) is 13.2 Å². The lowest BCUT2D eigenvalue weighted by molar-refractivity contribution is -0.397. The highest BCUT2D eigenvalue weighted by Crippen LogP contribution is 2.50. The van der Waals surface area contributed by atoms with Gasteiger partial charge in [0, 0.05) is 6.54 Å². The number of hydrogen-bond acceptors (Lipinski definition) is 4. The lowest BCUT2D eigenvalue weighted by Crippen LogP contribution is -2.57. The van der Waals surface area contributed by atoms with Gasteiger partial charge >= 0.3 is 0 Å². The van der Waals surface area contributed by atoms with E-state index in [1.807, 2.05) is 12.1 Å². The normalized spacial score (nSPS) is 38.0. The second-order valence-electron chi connectivity index (χ2n) is 6.55. The summed E-state index contributed by atoms with van der Waals surface area (Å²) >= 11 is 0. The molecule has 0 amide bonds. The van der Waals surface area contributed by atoms with E-state index in [2.05, 4.69) is 17.2 Å². The largest absolute Gasteiger partial charge is 0.497 e. The van der Waals surface area contributed by atoms with Gasteiger partial charge in [-0.1, -0.05) is 25.0 Å². The Kier molecular flexibility index (Phi) is 3.40. The van der Waals surface area contributed by atoms with Gasteiger partial charge in [0.25, 0.3) is 0 Å². The van der Waals surface area contributed by atoms with Crippen LogP contribution in [0.1, 0.15) is 37.7 Å². The number of hydroxylamine groups is 2. The highest BCUT2D eigenvalue weighted by Gasteiger charge is 2.59. The Morgan fingerprint density at radius 1 is 1.24 bits per heavy atom. The quantitative estimate of drug-likeness (QED) is 0.800. The summed E-state index contributed by atoms with van der Waals surface area (Å²) in [6.45, 7) is 0.993. The number of benzene rings is 1. The van der Waals surface area contributed by atoms with Gasteiger partial charge in [0.1, 0.15) is 11.4 Å². The third kappa shape index (κ3) is 2.17. The Balaban J connectivity index is 1.58. The Morgan fingerprint density at radius 3 is 2.90 bits per heavy atom. The van der Waals surface area contributed by atoms with Gasteiger partial charge in [0.15, 0.2) is 0 Å². The molecule has 114 valence electrons. The molecular weight excluding hydrogens is 266 g/mol. The second kappa shape index (κ2) is 5.27. The number of fused-ring (bicyclic) bond motifs is 1. The minimum Gasteiger partial charge on any atom is -0.497 e. The lowest BCUT2D eigenvalue weighted by atomic mass is 9.66. The van der Waals surface area contributed by atoms with Crippen LogP contribution >= 0.6 is 0 Å². The first-order chi connectivity index (χ1) is 10.3. The Hall–Kier alpha value is -1.10. The molecule has 0 N–H and O–H groups in total. The molecule has 2 aliphatic heterocycles. The average Bonchev–Trinajstić information content (AvgIpc) is 2.75. The van der Waals surface area contributed by atoms with Gasteiger partial charge in [-0.25, -0.2) is 4.89 Å². The highest BCUT2D eigenvalue weighted by atomic mass is 17.3. The molecule has 21 heavy (non-hydrogen) atoms. The number of methoxy groups -OCH3 is 1. The van der Waals surface area contributed by atoms with Crippen molar-refractivity contribution in [2.24, 2.45) is 5.92 Å². The SMILES string of the molecule is COc1ccc(C[C@@H]2N3CCC4CCCCC42OO3)cc1. The summed E-state index contributed by atoms with van der Waals surface area (Å²) in [4.78, 5) is 11.5. The first kappa shape index (κ1) is 13.6. The Labute approximate surface area is 125 Å². The molecule has 4 nitrogen and oxygen atoms in total. The molecule has 2 heterocycles. The summed E-state index contributed by atoms with van der Waals surface area (Å²) < 4.78 is 5.24. The molecule has 1 aliphatic carbocycles. The molecule has 2 bridgehead atoms. The zero-order valence-electron chi connectivity index (χ0n) is 12.6. The van der Waals surface area contributed by atoms with Crippen molar-refractivity contribution in [1.82, 2.24) is 5.06 Å². The van der Waals surface area contributed by atoms with Crippen molar-refractivity contribution < 1.29 is 14.6 Å². The molecule has 0 radical (unpaired) electrons. The number of rotatable bonds is 3. The van der Waals surface area contributed by atoms with Crippen LogP contribution in [0.2, 0.25) is 0 Å². The number of ether oxygens (including phenoxy) is 1. The van der Waals surface area contributed by atoms with E-state index in [0.29, 0.717) is 12.0 Å².